The van der Waals surface area contributed by atoms with E-state index in [9.17, 15) is 4.79 Å². The quantitative estimate of drug-likeness (QED) is 0.924. The Kier molecular flexibility index (Phi) is 5.34. The van der Waals surface area contributed by atoms with Crippen molar-refractivity contribution in [1.82, 2.24) is 20.0 Å². The number of ether oxygens (including phenoxy) is 1. The molecule has 0 saturated carbocycles. The molecule has 0 bridgehead atoms. The van der Waals surface area contributed by atoms with Crippen LogP contribution >= 0.6 is 0 Å². The van der Waals surface area contributed by atoms with E-state index in [1.807, 2.05) is 30.5 Å². The summed E-state index contributed by atoms with van der Waals surface area (Å²) in [4.78, 5) is 14.4. The number of urea groups is 1. The highest BCUT2D eigenvalue weighted by molar-refractivity contribution is 5.74. The zero-order valence-corrected chi connectivity index (χ0v) is 15.3. The van der Waals surface area contributed by atoms with Gasteiger partial charge in [-0.1, -0.05) is 6.92 Å². The smallest absolute Gasteiger partial charge is 0.317 e. The number of amides is 2. The maximum absolute atomic E-state index is 12.5. The fourth-order valence-electron chi connectivity index (χ4n) is 3.09. The molecule has 2 unspecified atom stereocenters. The third-order valence-corrected chi connectivity index (χ3v) is 4.91. The van der Waals surface area contributed by atoms with Crippen LogP contribution in [0.25, 0.3) is 0 Å². The van der Waals surface area contributed by atoms with Gasteiger partial charge in [-0.2, -0.15) is 5.10 Å². The Morgan fingerprint density at radius 1 is 1.48 bits per heavy atom. The van der Waals surface area contributed by atoms with Gasteiger partial charge in [-0.05, 0) is 46.1 Å². The molecular formula is C17H30N4O2. The van der Waals surface area contributed by atoms with Crippen LogP contribution in [0.2, 0.25) is 0 Å². The van der Waals surface area contributed by atoms with Gasteiger partial charge >= 0.3 is 6.03 Å². The SMILES string of the molecule is CCC1(C)CN(C(=O)NC(C)Cc2c(C)nn(C)c2C)CCO1. The predicted octanol–water partition coefficient (Wildman–Crippen LogP) is 2.18. The highest BCUT2D eigenvalue weighted by Crippen LogP contribution is 2.21. The zero-order chi connectivity index (χ0) is 17.2. The van der Waals surface area contributed by atoms with Gasteiger partial charge in [0.2, 0.25) is 0 Å². The molecule has 1 aliphatic rings. The summed E-state index contributed by atoms with van der Waals surface area (Å²) < 4.78 is 7.69. The molecule has 6 nitrogen and oxygen atoms in total. The van der Waals surface area contributed by atoms with E-state index in [1.54, 1.807) is 0 Å². The van der Waals surface area contributed by atoms with E-state index in [0.29, 0.717) is 19.7 Å². The Morgan fingerprint density at radius 3 is 2.74 bits per heavy atom. The Labute approximate surface area is 139 Å². The second-order valence-corrected chi connectivity index (χ2v) is 6.90. The molecule has 6 heteroatoms. The summed E-state index contributed by atoms with van der Waals surface area (Å²) in [5, 5.41) is 7.56. The first-order chi connectivity index (χ1) is 10.8. The Bertz CT molecular complexity index is 569. The van der Waals surface area contributed by atoms with Gasteiger partial charge in [0.15, 0.2) is 0 Å². The van der Waals surface area contributed by atoms with Crippen molar-refractivity contribution >= 4 is 6.03 Å². The van der Waals surface area contributed by atoms with Crippen molar-refractivity contribution in [3.63, 3.8) is 0 Å². The third kappa shape index (κ3) is 4.05. The monoisotopic (exact) mass is 322 g/mol. The van der Waals surface area contributed by atoms with Crippen molar-refractivity contribution in [3.8, 4) is 0 Å². The number of rotatable bonds is 4. The van der Waals surface area contributed by atoms with E-state index < -0.39 is 0 Å². The average molecular weight is 322 g/mol. The summed E-state index contributed by atoms with van der Waals surface area (Å²) in [7, 11) is 1.95. The van der Waals surface area contributed by atoms with Crippen molar-refractivity contribution in [1.29, 1.82) is 0 Å². The lowest BCUT2D eigenvalue weighted by Crippen LogP contribution is -2.55. The molecule has 130 valence electrons. The molecule has 0 radical (unpaired) electrons. The van der Waals surface area contributed by atoms with Gasteiger partial charge in [-0.3, -0.25) is 4.68 Å². The van der Waals surface area contributed by atoms with Crippen molar-refractivity contribution < 1.29 is 9.53 Å². The summed E-state index contributed by atoms with van der Waals surface area (Å²) in [6.45, 7) is 12.2. The molecule has 23 heavy (non-hydrogen) atoms. The number of nitrogens with one attached hydrogen (secondary N) is 1. The third-order valence-electron chi connectivity index (χ3n) is 4.91. The number of hydrogen-bond donors (Lipinski definition) is 1. The molecule has 2 amide bonds. The summed E-state index contributed by atoms with van der Waals surface area (Å²) >= 11 is 0. The molecule has 0 spiro atoms. The normalized spacial score (nSPS) is 23.0. The molecular weight excluding hydrogens is 292 g/mol. The molecule has 1 aromatic heterocycles. The summed E-state index contributed by atoms with van der Waals surface area (Å²) in [6.07, 6.45) is 1.70. The van der Waals surface area contributed by atoms with Gasteiger partial charge in [0, 0.05) is 25.3 Å². The van der Waals surface area contributed by atoms with Crippen molar-refractivity contribution in [3.05, 3.63) is 17.0 Å². The van der Waals surface area contributed by atoms with Crippen molar-refractivity contribution in [2.75, 3.05) is 19.7 Å². The van der Waals surface area contributed by atoms with E-state index in [0.717, 1.165) is 24.2 Å². The number of carbonyl (C=O) groups excluding carboxylic acids is 1. The molecule has 2 rings (SSSR count). The second-order valence-electron chi connectivity index (χ2n) is 6.90. The maximum Gasteiger partial charge on any atom is 0.317 e. The van der Waals surface area contributed by atoms with E-state index in [4.69, 9.17) is 4.74 Å². The first-order valence-electron chi connectivity index (χ1n) is 8.44. The minimum atomic E-state index is -0.227. The van der Waals surface area contributed by atoms with E-state index in [2.05, 4.69) is 31.2 Å². The van der Waals surface area contributed by atoms with Crippen LogP contribution in [0.15, 0.2) is 0 Å². The number of nitrogens with zero attached hydrogens (tertiary/aromatic N) is 3. The Balaban J connectivity index is 1.94. The number of hydrogen-bond acceptors (Lipinski definition) is 3. The summed E-state index contributed by atoms with van der Waals surface area (Å²) in [5.74, 6) is 0. The Hall–Kier alpha value is -1.56. The minimum Gasteiger partial charge on any atom is -0.372 e. The standard InChI is InChI=1S/C17H30N4O2/c1-7-17(5)11-21(8-9-23-17)16(22)18-12(2)10-15-13(3)19-20(6)14(15)4/h12H,7-11H2,1-6H3,(H,18,22). The van der Waals surface area contributed by atoms with E-state index in [1.165, 1.54) is 5.56 Å². The topological polar surface area (TPSA) is 59.4 Å². The van der Waals surface area contributed by atoms with Crippen LogP contribution in [0.4, 0.5) is 4.79 Å². The van der Waals surface area contributed by atoms with Crippen LogP contribution in [0.5, 0.6) is 0 Å². The number of morpholine rings is 1. The lowest BCUT2D eigenvalue weighted by Gasteiger charge is -2.40. The lowest BCUT2D eigenvalue weighted by molar-refractivity contribution is -0.0874. The van der Waals surface area contributed by atoms with Crippen molar-refractivity contribution in [2.45, 2.75) is 59.1 Å². The molecule has 0 aromatic carbocycles. The highest BCUT2D eigenvalue weighted by Gasteiger charge is 2.33. The highest BCUT2D eigenvalue weighted by atomic mass is 16.5. The molecule has 1 saturated heterocycles. The zero-order valence-electron chi connectivity index (χ0n) is 15.3. The van der Waals surface area contributed by atoms with Gasteiger partial charge in [-0.15, -0.1) is 0 Å². The predicted molar refractivity (Wildman–Crippen MR) is 90.6 cm³/mol. The molecule has 1 aliphatic heterocycles. The molecule has 0 aliphatic carbocycles. The van der Waals surface area contributed by atoms with Gasteiger partial charge in [0.05, 0.1) is 24.4 Å². The van der Waals surface area contributed by atoms with Crippen LogP contribution in [-0.2, 0) is 18.2 Å². The molecule has 1 fully saturated rings. The number of aromatic nitrogens is 2. The van der Waals surface area contributed by atoms with Gasteiger partial charge in [0.1, 0.15) is 0 Å². The van der Waals surface area contributed by atoms with Crippen LogP contribution in [0.3, 0.4) is 0 Å². The average Bonchev–Trinajstić information content (AvgIpc) is 2.73. The van der Waals surface area contributed by atoms with E-state index >= 15 is 0 Å². The number of aryl methyl sites for hydroxylation is 2. The van der Waals surface area contributed by atoms with Crippen LogP contribution in [0.1, 0.15) is 44.1 Å². The first-order valence-corrected chi connectivity index (χ1v) is 8.44. The molecule has 2 atom stereocenters. The van der Waals surface area contributed by atoms with Crippen molar-refractivity contribution in [2.24, 2.45) is 7.05 Å². The molecule has 1 aromatic rings. The van der Waals surface area contributed by atoms with Crippen LogP contribution in [-0.4, -0.2) is 52.1 Å². The van der Waals surface area contributed by atoms with Gasteiger partial charge in [0.25, 0.3) is 0 Å². The van der Waals surface area contributed by atoms with Crippen LogP contribution in [0, 0.1) is 13.8 Å². The summed E-state index contributed by atoms with van der Waals surface area (Å²) in [6, 6.07) is 0.0690. The summed E-state index contributed by atoms with van der Waals surface area (Å²) in [5.41, 5.74) is 3.19. The molecule has 1 N–H and O–H groups in total. The Morgan fingerprint density at radius 2 is 2.17 bits per heavy atom. The number of carbonyl (C=O) groups is 1. The molecule has 2 heterocycles. The first kappa shape index (κ1) is 17.8. The fraction of sp³-hybridized carbons (Fsp3) is 0.765. The maximum atomic E-state index is 12.5. The van der Waals surface area contributed by atoms with E-state index in [-0.39, 0.29) is 17.7 Å². The van der Waals surface area contributed by atoms with Gasteiger partial charge < -0.3 is 15.0 Å². The second kappa shape index (κ2) is 6.91. The fourth-order valence-corrected chi connectivity index (χ4v) is 3.09. The largest absolute Gasteiger partial charge is 0.372 e. The van der Waals surface area contributed by atoms with Crippen LogP contribution < -0.4 is 5.32 Å². The lowest BCUT2D eigenvalue weighted by atomic mass is 10.0. The minimum absolute atomic E-state index is 0.000304. The van der Waals surface area contributed by atoms with Gasteiger partial charge in [-0.25, -0.2) is 4.79 Å².